The zero-order valence-corrected chi connectivity index (χ0v) is 9.71. The van der Waals surface area contributed by atoms with Crippen molar-refractivity contribution in [3.05, 3.63) is 41.9 Å². The van der Waals surface area contributed by atoms with Crippen molar-refractivity contribution < 1.29 is 9.18 Å². The topological polar surface area (TPSA) is 29.1 Å². The molecular formula is C14H16FNO. The number of rotatable bonds is 2. The highest BCUT2D eigenvalue weighted by Crippen LogP contribution is 2.20. The van der Waals surface area contributed by atoms with Crippen molar-refractivity contribution in [3.63, 3.8) is 0 Å². The van der Waals surface area contributed by atoms with Gasteiger partial charge in [-0.1, -0.05) is 18.6 Å². The van der Waals surface area contributed by atoms with Crippen LogP contribution in [0.4, 0.5) is 10.1 Å². The van der Waals surface area contributed by atoms with E-state index >= 15 is 0 Å². The summed E-state index contributed by atoms with van der Waals surface area (Å²) in [5.74, 6) is -0.114. The summed E-state index contributed by atoms with van der Waals surface area (Å²) in [4.78, 5) is 11.7. The van der Waals surface area contributed by atoms with E-state index in [2.05, 4.69) is 5.32 Å². The average Bonchev–Trinajstić information content (AvgIpc) is 2.53. The molecule has 1 aliphatic rings. The Bertz CT molecular complexity index is 440. The summed E-state index contributed by atoms with van der Waals surface area (Å²) in [7, 11) is 0. The van der Waals surface area contributed by atoms with Gasteiger partial charge in [0.15, 0.2) is 5.78 Å². The highest BCUT2D eigenvalue weighted by Gasteiger charge is 2.13. The van der Waals surface area contributed by atoms with E-state index in [0.717, 1.165) is 31.3 Å². The fourth-order valence-corrected chi connectivity index (χ4v) is 1.97. The van der Waals surface area contributed by atoms with Gasteiger partial charge in [-0.15, -0.1) is 0 Å². The van der Waals surface area contributed by atoms with Crippen LogP contribution in [0.2, 0.25) is 0 Å². The molecule has 0 saturated heterocycles. The zero-order valence-electron chi connectivity index (χ0n) is 9.71. The average molecular weight is 233 g/mol. The maximum atomic E-state index is 13.3. The molecular weight excluding hydrogens is 217 g/mol. The lowest BCUT2D eigenvalue weighted by molar-refractivity contribution is -0.115. The molecule has 1 aliphatic carbocycles. The lowest BCUT2D eigenvalue weighted by Gasteiger charge is -2.05. The second-order valence-corrected chi connectivity index (χ2v) is 4.28. The van der Waals surface area contributed by atoms with E-state index < -0.39 is 0 Å². The number of para-hydroxylation sites is 1. The molecule has 2 nitrogen and oxygen atoms in total. The quantitative estimate of drug-likeness (QED) is 0.624. The monoisotopic (exact) mass is 233 g/mol. The Morgan fingerprint density at radius 2 is 1.88 bits per heavy atom. The van der Waals surface area contributed by atoms with Crippen LogP contribution in [0, 0.1) is 5.82 Å². The van der Waals surface area contributed by atoms with Crippen LogP contribution in [0.1, 0.15) is 32.1 Å². The summed E-state index contributed by atoms with van der Waals surface area (Å²) < 4.78 is 13.3. The predicted octanol–water partition coefficient (Wildman–Crippen LogP) is 3.65. The van der Waals surface area contributed by atoms with Crippen molar-refractivity contribution in [1.82, 2.24) is 0 Å². The molecule has 1 fully saturated rings. The maximum absolute atomic E-state index is 13.3. The Kier molecular flexibility index (Phi) is 3.91. The van der Waals surface area contributed by atoms with Crippen molar-refractivity contribution in [3.8, 4) is 0 Å². The molecule has 1 aromatic carbocycles. The molecule has 0 aliphatic heterocycles. The Morgan fingerprint density at radius 3 is 2.71 bits per heavy atom. The summed E-state index contributed by atoms with van der Waals surface area (Å²) in [6, 6.07) is 6.46. The Hall–Kier alpha value is -1.64. The molecule has 0 bridgehead atoms. The molecule has 2 rings (SSSR count). The number of hydrogen-bond acceptors (Lipinski definition) is 2. The van der Waals surface area contributed by atoms with Crippen LogP contribution in [0.5, 0.6) is 0 Å². The minimum atomic E-state index is -0.301. The molecule has 0 amide bonds. The van der Waals surface area contributed by atoms with E-state index in [1.807, 2.05) is 0 Å². The van der Waals surface area contributed by atoms with Gasteiger partial charge in [-0.25, -0.2) is 4.39 Å². The van der Waals surface area contributed by atoms with Crippen LogP contribution in [0.15, 0.2) is 36.0 Å². The Balaban J connectivity index is 2.09. The smallest absolute Gasteiger partial charge is 0.160 e. The molecule has 0 spiro atoms. The highest BCUT2D eigenvalue weighted by molar-refractivity contribution is 5.95. The van der Waals surface area contributed by atoms with Gasteiger partial charge in [0.25, 0.3) is 0 Å². The van der Waals surface area contributed by atoms with Gasteiger partial charge in [0.05, 0.1) is 5.69 Å². The molecule has 0 radical (unpaired) electrons. The van der Waals surface area contributed by atoms with Gasteiger partial charge in [-0.2, -0.15) is 0 Å². The molecule has 0 atom stereocenters. The van der Waals surface area contributed by atoms with E-state index in [-0.39, 0.29) is 11.6 Å². The minimum Gasteiger partial charge on any atom is -0.359 e. The van der Waals surface area contributed by atoms with Gasteiger partial charge in [0.1, 0.15) is 5.82 Å². The normalized spacial score (nSPS) is 19.1. The molecule has 1 N–H and O–H groups in total. The van der Waals surface area contributed by atoms with Crippen molar-refractivity contribution in [2.24, 2.45) is 0 Å². The first-order valence-corrected chi connectivity index (χ1v) is 6.00. The summed E-state index contributed by atoms with van der Waals surface area (Å²) >= 11 is 0. The van der Waals surface area contributed by atoms with Crippen LogP contribution in [-0.4, -0.2) is 5.78 Å². The SMILES string of the molecule is O=C1CCCCC/C1=C\Nc1ccccc1F. The first-order chi connectivity index (χ1) is 8.27. The van der Waals surface area contributed by atoms with Gasteiger partial charge < -0.3 is 5.32 Å². The zero-order chi connectivity index (χ0) is 12.1. The number of Topliss-reactive ketones (excluding diaryl/α,β-unsaturated/α-hetero) is 1. The molecule has 0 aromatic heterocycles. The van der Waals surface area contributed by atoms with Gasteiger partial charge in [0.2, 0.25) is 0 Å². The maximum Gasteiger partial charge on any atom is 0.160 e. The lowest BCUT2D eigenvalue weighted by Crippen LogP contribution is -2.03. The number of ketones is 1. The summed E-state index contributed by atoms with van der Waals surface area (Å²) in [6.07, 6.45) is 6.17. The van der Waals surface area contributed by atoms with Gasteiger partial charge in [0, 0.05) is 18.2 Å². The first kappa shape index (κ1) is 11.8. The van der Waals surface area contributed by atoms with Crippen LogP contribution in [-0.2, 0) is 4.79 Å². The molecule has 90 valence electrons. The van der Waals surface area contributed by atoms with Gasteiger partial charge in [-0.05, 0) is 31.4 Å². The highest BCUT2D eigenvalue weighted by atomic mass is 19.1. The number of carbonyl (C=O) groups is 1. The fraction of sp³-hybridized carbons (Fsp3) is 0.357. The third kappa shape index (κ3) is 3.16. The van der Waals surface area contributed by atoms with Crippen LogP contribution < -0.4 is 5.32 Å². The number of carbonyl (C=O) groups excluding carboxylic acids is 1. The van der Waals surface area contributed by atoms with Crippen molar-refractivity contribution >= 4 is 11.5 Å². The number of anilines is 1. The molecule has 3 heteroatoms. The van der Waals surface area contributed by atoms with Gasteiger partial charge >= 0.3 is 0 Å². The second kappa shape index (κ2) is 5.62. The minimum absolute atomic E-state index is 0.186. The molecule has 1 aromatic rings. The fourth-order valence-electron chi connectivity index (χ4n) is 1.97. The Morgan fingerprint density at radius 1 is 1.12 bits per heavy atom. The molecule has 0 unspecified atom stereocenters. The molecule has 17 heavy (non-hydrogen) atoms. The number of benzene rings is 1. The summed E-state index contributed by atoms with van der Waals surface area (Å²) in [6.45, 7) is 0. The van der Waals surface area contributed by atoms with Crippen molar-refractivity contribution in [2.75, 3.05) is 5.32 Å². The van der Waals surface area contributed by atoms with E-state index in [4.69, 9.17) is 0 Å². The third-order valence-corrected chi connectivity index (χ3v) is 2.98. The largest absolute Gasteiger partial charge is 0.359 e. The lowest BCUT2D eigenvalue weighted by atomic mass is 10.1. The third-order valence-electron chi connectivity index (χ3n) is 2.98. The van der Waals surface area contributed by atoms with E-state index in [1.165, 1.54) is 6.07 Å². The number of hydrogen-bond donors (Lipinski definition) is 1. The standard InChI is InChI=1S/C14H16FNO/c15-12-7-4-5-8-13(12)16-10-11-6-2-1-3-9-14(11)17/h4-5,7-8,10,16H,1-3,6,9H2/b11-10+. The summed E-state index contributed by atoms with van der Waals surface area (Å²) in [5, 5.41) is 2.88. The summed E-state index contributed by atoms with van der Waals surface area (Å²) in [5.41, 5.74) is 1.20. The predicted molar refractivity (Wildman–Crippen MR) is 66.2 cm³/mol. The molecule has 1 saturated carbocycles. The number of nitrogens with one attached hydrogen (secondary N) is 1. The molecule has 0 heterocycles. The first-order valence-electron chi connectivity index (χ1n) is 6.00. The van der Waals surface area contributed by atoms with Crippen molar-refractivity contribution in [1.29, 1.82) is 0 Å². The van der Waals surface area contributed by atoms with E-state index in [0.29, 0.717) is 12.1 Å². The number of allylic oxidation sites excluding steroid dienone is 1. The van der Waals surface area contributed by atoms with E-state index in [1.54, 1.807) is 24.4 Å². The van der Waals surface area contributed by atoms with E-state index in [9.17, 15) is 9.18 Å². The van der Waals surface area contributed by atoms with Gasteiger partial charge in [-0.3, -0.25) is 4.79 Å². The van der Waals surface area contributed by atoms with Crippen LogP contribution in [0.3, 0.4) is 0 Å². The number of halogens is 1. The van der Waals surface area contributed by atoms with Crippen molar-refractivity contribution in [2.45, 2.75) is 32.1 Å². The van der Waals surface area contributed by atoms with Crippen LogP contribution >= 0.6 is 0 Å². The second-order valence-electron chi connectivity index (χ2n) is 4.28. The Labute approximate surface area is 101 Å². The van der Waals surface area contributed by atoms with Crippen LogP contribution in [0.25, 0.3) is 0 Å².